The molecule has 0 radical (unpaired) electrons. The molecule has 10 amide bonds. The lowest BCUT2D eigenvalue weighted by Crippen LogP contribution is -2.43. The van der Waals surface area contributed by atoms with Crippen LogP contribution in [0.25, 0.3) is 0 Å². The monoisotopic (exact) mass is 1890 g/mol. The molecule has 35 nitrogen and oxygen atoms in total. The molecule has 4 fully saturated rings. The molecule has 3 aromatic carbocycles. The molecule has 5 heterocycles. The van der Waals surface area contributed by atoms with Crippen LogP contribution in [-0.4, -0.2) is 306 Å². The molecule has 0 spiro atoms. The molecule has 0 aromatic heterocycles. The number of rotatable bonds is 31. The maximum atomic E-state index is 12.4. The highest BCUT2D eigenvalue weighted by molar-refractivity contribution is 6.66. The quantitative estimate of drug-likeness (QED) is 0.00542. The number of aliphatic hydroxyl groups is 5. The van der Waals surface area contributed by atoms with Crippen LogP contribution in [0.15, 0.2) is 95.2 Å². The number of hydroxylamine groups is 4. The lowest BCUT2D eigenvalue weighted by molar-refractivity contribution is -0.140. The molecule has 134 heavy (non-hydrogen) atoms. The van der Waals surface area contributed by atoms with Crippen molar-refractivity contribution in [3.8, 4) is 86.4 Å². The van der Waals surface area contributed by atoms with E-state index in [9.17, 15) is 38.4 Å². The Balaban J connectivity index is -0.00000145. The Morgan fingerprint density at radius 1 is 0.463 bits per heavy atom. The van der Waals surface area contributed by atoms with Crippen LogP contribution in [0.3, 0.4) is 0 Å². The maximum absolute atomic E-state index is 12.4. The van der Waals surface area contributed by atoms with Crippen LogP contribution in [-0.2, 0) is 41.8 Å². The predicted octanol–water partition coefficient (Wildman–Crippen LogP) is 11.1. The third kappa shape index (κ3) is 58.9. The molecule has 5 aliphatic heterocycles. The van der Waals surface area contributed by atoms with Crippen molar-refractivity contribution in [1.29, 1.82) is 0 Å². The van der Waals surface area contributed by atoms with Crippen LogP contribution in [0.4, 0.5) is 28.8 Å². The van der Waals surface area contributed by atoms with Gasteiger partial charge in [-0.05, 0) is 145 Å². The number of oxime groups is 2. The van der Waals surface area contributed by atoms with Crippen molar-refractivity contribution >= 4 is 71.2 Å². The zero-order valence-corrected chi connectivity index (χ0v) is 81.7. The number of fused-ring (bicyclic) bond motifs is 5. The number of aliphatic hydroxyl groups excluding tert-OH is 5. The van der Waals surface area contributed by atoms with Crippen LogP contribution in [0.2, 0.25) is 0 Å². The minimum absolute atomic E-state index is 0.0284. The standard InChI is InChI=1S/C14H16ClN3O3.C14H17N3O3.C12H21NO2.C11H20N2O2.2C11H19NO3.C8H5NO2.C6H11NO.C5H8.C4H6O.C2H7NO/c15-13(16-20)12-7-6-11-8-17(12)14(19)18(11)21-9-10-4-2-1-3-5-10;18-14-16-9-13(7-6-12(16)8-15-19)17(14)20-10-11-4-2-1-3-5-11;1-6-8-10-13(9-7-2)11(14)15-12(3,4)5;1-5-6-8-13(9-7-12)10(14)15-11(2,3)4;2*1-5-6-7-12(8-9-13)10(14)15-11(2,3)4;10-7-5-3-1-2-4-6(5)8(11)9-7;1-2-3-4-7-5-6-8;1-3-5-4-2;1-2-3-4-5;3-1-2-4/h1-5,11-12,20H,6-9H2;1-5,8,12-13,19H,6-7,9-10H2;1H,7-10H2,2-5H3;1H,6-9,12H2,2-4H3;2*1,13H,6-9H2,2-4H3;1-4H,(H,9,10,11);1,7-8H,3-6H2;1H,4-5H2,2H3;1,5H,3-4H2;4H,1-3H2/b16-13-;15-8+;;;;;;;;;/t11-,12+;12-,13+;;;;;;;;;/m10........./s1. The number of amides is 10. The van der Waals surface area contributed by atoms with Crippen molar-refractivity contribution in [2.45, 2.75) is 240 Å². The number of nitrogens with two attached hydrogens (primary N) is 2. The Kier molecular flexibility index (Phi) is 70.3. The lowest BCUT2D eigenvalue weighted by atomic mass is 10.0. The van der Waals surface area contributed by atoms with Gasteiger partial charge in [-0.1, -0.05) is 109 Å². The van der Waals surface area contributed by atoms with Gasteiger partial charge in [0.05, 0.1) is 74.5 Å². The summed E-state index contributed by atoms with van der Waals surface area (Å²) >= 11 is 5.87. The Bertz CT molecular complexity index is 3930. The highest BCUT2D eigenvalue weighted by atomic mass is 35.5. The van der Waals surface area contributed by atoms with Gasteiger partial charge in [0.15, 0.2) is 5.17 Å². The average Bonchev–Trinajstić information content (AvgIpc) is 1.64. The van der Waals surface area contributed by atoms with Crippen molar-refractivity contribution in [1.82, 2.24) is 50.2 Å². The number of halogens is 1. The van der Waals surface area contributed by atoms with Crippen molar-refractivity contribution in [3.63, 3.8) is 0 Å². The molecule has 8 rings (SSSR count). The van der Waals surface area contributed by atoms with E-state index >= 15 is 0 Å². The molecule has 4 atom stereocenters. The summed E-state index contributed by atoms with van der Waals surface area (Å²) in [4.78, 5) is 114. The molecule has 5 aliphatic rings. The number of benzene rings is 3. The summed E-state index contributed by atoms with van der Waals surface area (Å²) < 4.78 is 20.8. The van der Waals surface area contributed by atoms with Gasteiger partial charge in [-0.3, -0.25) is 24.6 Å². The molecule has 4 saturated heterocycles. The van der Waals surface area contributed by atoms with Crippen molar-refractivity contribution in [2.75, 3.05) is 125 Å². The first-order valence-corrected chi connectivity index (χ1v) is 44.6. The Labute approximate surface area is 800 Å². The zero-order chi connectivity index (χ0) is 102. The van der Waals surface area contributed by atoms with E-state index in [1.165, 1.54) is 31.0 Å². The largest absolute Gasteiger partial charge is 0.444 e. The van der Waals surface area contributed by atoms with Gasteiger partial charge in [-0.2, -0.15) is 10.1 Å². The van der Waals surface area contributed by atoms with Gasteiger partial charge < -0.3 is 101 Å². The van der Waals surface area contributed by atoms with E-state index in [-0.39, 0.29) is 112 Å². The molecule has 3 aromatic rings. The minimum atomic E-state index is -0.527. The van der Waals surface area contributed by atoms with Crippen LogP contribution in [0, 0.1) is 86.4 Å². The van der Waals surface area contributed by atoms with Crippen molar-refractivity contribution < 1.29 is 103 Å². The van der Waals surface area contributed by atoms with E-state index in [4.69, 9.17) is 133 Å². The number of ether oxygens (including phenoxy) is 4. The minimum Gasteiger partial charge on any atom is -0.444 e. The number of carbonyl (C=O) groups excluding carboxylic acids is 8. The number of urea groups is 2. The first kappa shape index (κ1) is 126. The van der Waals surface area contributed by atoms with Gasteiger partial charge in [0.2, 0.25) is 0 Å². The second-order valence-electron chi connectivity index (χ2n) is 33.1. The number of piperidine rings is 2. The Morgan fingerprint density at radius 2 is 0.821 bits per heavy atom. The third-order valence-corrected chi connectivity index (χ3v) is 17.6. The van der Waals surface area contributed by atoms with Gasteiger partial charge in [0.1, 0.15) is 35.6 Å². The first-order valence-electron chi connectivity index (χ1n) is 44.2. The Morgan fingerprint density at radius 3 is 1.13 bits per heavy atom. The van der Waals surface area contributed by atoms with E-state index in [0.717, 1.165) is 62.6 Å². The van der Waals surface area contributed by atoms with E-state index in [0.29, 0.717) is 135 Å². The highest BCUT2D eigenvalue weighted by Gasteiger charge is 2.48. The van der Waals surface area contributed by atoms with E-state index in [1.54, 1.807) is 80.5 Å². The van der Waals surface area contributed by atoms with Gasteiger partial charge in [0, 0.05) is 137 Å². The molecule has 744 valence electrons. The second kappa shape index (κ2) is 74.6. The highest BCUT2D eigenvalue weighted by Crippen LogP contribution is 2.33. The summed E-state index contributed by atoms with van der Waals surface area (Å²) in [5, 5.41) is 73.1. The maximum Gasteiger partial charge on any atom is 0.410 e. The molecule has 36 heteroatoms. The molecule has 13 N–H and O–H groups in total. The van der Waals surface area contributed by atoms with Gasteiger partial charge in [-0.15, -0.1) is 86.4 Å². The molecular formula is C98H149ClN14O21. The summed E-state index contributed by atoms with van der Waals surface area (Å²) in [6, 6.07) is 25.5. The van der Waals surface area contributed by atoms with E-state index < -0.39 is 34.6 Å². The molecule has 0 aliphatic carbocycles. The first-order chi connectivity index (χ1) is 63.6. The number of nitrogens with zero attached hydrogens (tertiary/aromatic N) is 10. The third-order valence-electron chi connectivity index (χ3n) is 17.2. The summed E-state index contributed by atoms with van der Waals surface area (Å²) in [6.45, 7) is 33.8. The fourth-order valence-electron chi connectivity index (χ4n) is 11.2. The van der Waals surface area contributed by atoms with Crippen LogP contribution < -0.4 is 22.1 Å². The summed E-state index contributed by atoms with van der Waals surface area (Å²) in [5.41, 5.74) is 11.2. The molecule has 0 unspecified atom stereocenters. The number of carbonyl (C=O) groups is 8. The smallest absolute Gasteiger partial charge is 0.410 e. The average molecular weight is 1890 g/mol. The van der Waals surface area contributed by atoms with E-state index in [2.05, 4.69) is 69.3 Å². The predicted molar refractivity (Wildman–Crippen MR) is 520 cm³/mol. The number of terminal acetylenes is 7. The van der Waals surface area contributed by atoms with Crippen molar-refractivity contribution in [2.24, 2.45) is 21.8 Å². The van der Waals surface area contributed by atoms with Crippen LogP contribution in [0.5, 0.6) is 0 Å². The van der Waals surface area contributed by atoms with Gasteiger partial charge in [0.25, 0.3) is 11.8 Å². The zero-order valence-electron chi connectivity index (χ0n) is 80.9. The van der Waals surface area contributed by atoms with E-state index in [1.807, 2.05) is 109 Å². The topological polar surface area (TPSA) is 460 Å². The SMILES string of the molecule is C#CCCC.C#CCCN(CCC)C(=O)OC(C)(C)C.C#CCCN(CCN)C(=O)OC(C)(C)C.C#CCCN(CCO)C(=O)OC(C)(C)C.C#CCCN(CCO)C(=O)OC(C)(C)C.C#CCCNCCO.C#CCCO.NCCO.O=C1N2C[C@@H](CC[C@H]2/C(Cl)=N/O)N1OCc1ccccc1.O=C1N2C[C@@H](CC[C@H]2/C=N/O)N1OCc1ccccc1.O=C1NC(=O)c2ccccc21. The number of hydrogen-bond acceptors (Lipinski definition) is 26. The summed E-state index contributed by atoms with van der Waals surface area (Å²) in [5.74, 6) is 16.6. The van der Waals surface area contributed by atoms with Gasteiger partial charge >= 0.3 is 36.4 Å². The van der Waals surface area contributed by atoms with Crippen LogP contribution >= 0.6 is 11.6 Å². The normalized spacial score (nSPS) is 15.0. The van der Waals surface area contributed by atoms with Gasteiger partial charge in [-0.25, -0.2) is 28.8 Å². The summed E-state index contributed by atoms with van der Waals surface area (Å²) in [6.07, 6.45) is 44.2. The number of imide groups is 1. The molecule has 0 saturated carbocycles. The molecule has 4 bridgehead atoms. The number of nitrogens with one attached hydrogen (secondary N) is 2. The molecular weight excluding hydrogens is 1740 g/mol. The number of unbranched alkanes of at least 4 members (excludes halogenated alkanes) is 1. The lowest BCUT2D eigenvalue weighted by Gasteiger charge is -2.28. The fourth-order valence-corrected chi connectivity index (χ4v) is 11.5. The van der Waals surface area contributed by atoms with Crippen LogP contribution in [0.1, 0.15) is 212 Å². The fraction of sp³-hybridized carbons (Fsp3) is 0.571. The summed E-state index contributed by atoms with van der Waals surface area (Å²) in [7, 11) is 0. The van der Waals surface area contributed by atoms with Crippen molar-refractivity contribution in [3.05, 3.63) is 107 Å². The number of hydrogen-bond donors (Lipinski definition) is 11. The Hall–Kier alpha value is -11.8. The second-order valence-corrected chi connectivity index (χ2v) is 33.5.